The fourth-order valence-corrected chi connectivity index (χ4v) is 2.82. The van der Waals surface area contributed by atoms with E-state index >= 15 is 0 Å². The third kappa shape index (κ3) is 3.07. The van der Waals surface area contributed by atoms with Crippen LogP contribution >= 0.6 is 0 Å². The van der Waals surface area contributed by atoms with Gasteiger partial charge in [-0.15, -0.1) is 0 Å². The minimum absolute atomic E-state index is 0.584. The van der Waals surface area contributed by atoms with Gasteiger partial charge in [0.25, 0.3) is 0 Å². The summed E-state index contributed by atoms with van der Waals surface area (Å²) in [6, 6.07) is 1.17. The summed E-state index contributed by atoms with van der Waals surface area (Å²) in [5, 5.41) is 8.07. The van der Waals surface area contributed by atoms with Crippen LogP contribution < -0.4 is 5.32 Å². The quantitative estimate of drug-likeness (QED) is 0.855. The number of rotatable bonds is 3. The molecule has 1 aromatic heterocycles. The largest absolute Gasteiger partial charge is 0.309 e. The van der Waals surface area contributed by atoms with E-state index in [0.29, 0.717) is 12.1 Å². The van der Waals surface area contributed by atoms with Crippen LogP contribution in [0, 0.1) is 0 Å². The van der Waals surface area contributed by atoms with Gasteiger partial charge in [-0.2, -0.15) is 5.10 Å². The van der Waals surface area contributed by atoms with Crippen LogP contribution in [0.4, 0.5) is 0 Å². The van der Waals surface area contributed by atoms with E-state index in [-0.39, 0.29) is 0 Å². The number of nitrogens with zero attached hydrogens (tertiary/aromatic N) is 3. The number of nitrogens with one attached hydrogen (secondary N) is 1. The van der Waals surface area contributed by atoms with Gasteiger partial charge in [0.2, 0.25) is 0 Å². The molecule has 1 fully saturated rings. The molecule has 4 heteroatoms. The maximum Gasteiger partial charge on any atom is 0.0666 e. The Morgan fingerprint density at radius 3 is 2.59 bits per heavy atom. The predicted molar refractivity (Wildman–Crippen MR) is 69.9 cm³/mol. The van der Waals surface area contributed by atoms with E-state index in [1.165, 1.54) is 11.3 Å². The zero-order chi connectivity index (χ0) is 12.4. The fourth-order valence-electron chi connectivity index (χ4n) is 2.82. The second-order valence-electron chi connectivity index (χ2n) is 5.29. The lowest BCUT2D eigenvalue weighted by molar-refractivity contribution is 0.166. The molecular formula is C13H24N4. The molecule has 0 bridgehead atoms. The molecule has 1 aromatic rings. The van der Waals surface area contributed by atoms with Crippen LogP contribution in [0.3, 0.4) is 0 Å². The van der Waals surface area contributed by atoms with Crippen molar-refractivity contribution in [2.24, 2.45) is 7.05 Å². The third-order valence-electron chi connectivity index (χ3n) is 3.35. The molecule has 2 rings (SSSR count). The zero-order valence-electron chi connectivity index (χ0n) is 11.4. The van der Waals surface area contributed by atoms with Crippen LogP contribution in [-0.2, 0) is 20.0 Å². The van der Waals surface area contributed by atoms with Crippen molar-refractivity contribution in [3.8, 4) is 0 Å². The van der Waals surface area contributed by atoms with Crippen molar-refractivity contribution in [2.45, 2.75) is 45.8 Å². The number of aryl methyl sites for hydroxylation is 2. The van der Waals surface area contributed by atoms with E-state index in [0.717, 1.165) is 26.1 Å². The molecule has 1 aliphatic heterocycles. The Bertz CT molecular complexity index is 361. The van der Waals surface area contributed by atoms with Gasteiger partial charge in [0.15, 0.2) is 0 Å². The average Bonchev–Trinajstić information content (AvgIpc) is 2.57. The third-order valence-corrected chi connectivity index (χ3v) is 3.35. The first-order chi connectivity index (χ1) is 8.08. The molecule has 0 aliphatic carbocycles. The van der Waals surface area contributed by atoms with Crippen LogP contribution in [0.25, 0.3) is 0 Å². The van der Waals surface area contributed by atoms with E-state index in [4.69, 9.17) is 0 Å². The highest BCUT2D eigenvalue weighted by Crippen LogP contribution is 2.13. The second-order valence-corrected chi connectivity index (χ2v) is 5.29. The molecule has 0 saturated carbocycles. The van der Waals surface area contributed by atoms with Crippen molar-refractivity contribution < 1.29 is 0 Å². The Balaban J connectivity index is 2.04. The predicted octanol–water partition coefficient (Wildman–Crippen LogP) is 1.16. The van der Waals surface area contributed by atoms with Gasteiger partial charge in [-0.3, -0.25) is 9.58 Å². The molecule has 1 saturated heterocycles. The highest BCUT2D eigenvalue weighted by molar-refractivity contribution is 5.17. The second kappa shape index (κ2) is 5.19. The minimum atomic E-state index is 0.584. The monoisotopic (exact) mass is 236 g/mol. The van der Waals surface area contributed by atoms with Gasteiger partial charge < -0.3 is 5.32 Å². The SMILES string of the molecule is CCc1nn(C)cc1CN1CC(C)NC(C)C1. The average molecular weight is 236 g/mol. The molecule has 1 aliphatic rings. The molecule has 2 unspecified atom stereocenters. The normalized spacial score (nSPS) is 26.4. The van der Waals surface area contributed by atoms with E-state index in [1.54, 1.807) is 0 Å². The van der Waals surface area contributed by atoms with Gasteiger partial charge in [0.05, 0.1) is 5.69 Å². The van der Waals surface area contributed by atoms with Crippen LogP contribution in [0.15, 0.2) is 6.20 Å². The van der Waals surface area contributed by atoms with Gasteiger partial charge in [-0.05, 0) is 20.3 Å². The van der Waals surface area contributed by atoms with Crippen LogP contribution in [0.2, 0.25) is 0 Å². The Kier molecular flexibility index (Phi) is 3.84. The van der Waals surface area contributed by atoms with Crippen LogP contribution in [0.5, 0.6) is 0 Å². The molecule has 2 atom stereocenters. The number of aromatic nitrogens is 2. The van der Waals surface area contributed by atoms with E-state index in [1.807, 2.05) is 11.7 Å². The summed E-state index contributed by atoms with van der Waals surface area (Å²) >= 11 is 0. The van der Waals surface area contributed by atoms with Crippen molar-refractivity contribution in [1.82, 2.24) is 20.0 Å². The van der Waals surface area contributed by atoms with Crippen molar-refractivity contribution >= 4 is 0 Å². The summed E-state index contributed by atoms with van der Waals surface area (Å²) < 4.78 is 1.93. The van der Waals surface area contributed by atoms with E-state index in [2.05, 4.69) is 42.3 Å². The van der Waals surface area contributed by atoms with Gasteiger partial charge in [-0.25, -0.2) is 0 Å². The summed E-state index contributed by atoms with van der Waals surface area (Å²) in [7, 11) is 2.01. The molecule has 2 heterocycles. The maximum absolute atomic E-state index is 4.51. The van der Waals surface area contributed by atoms with Gasteiger partial charge in [-0.1, -0.05) is 6.92 Å². The van der Waals surface area contributed by atoms with Crippen LogP contribution in [-0.4, -0.2) is 39.9 Å². The Hall–Kier alpha value is -0.870. The molecule has 0 spiro atoms. The number of hydrogen-bond acceptors (Lipinski definition) is 3. The summed E-state index contributed by atoms with van der Waals surface area (Å²) in [5.74, 6) is 0. The molecule has 0 amide bonds. The minimum Gasteiger partial charge on any atom is -0.309 e. The fraction of sp³-hybridized carbons (Fsp3) is 0.769. The molecule has 0 radical (unpaired) electrons. The highest BCUT2D eigenvalue weighted by Gasteiger charge is 2.21. The number of hydrogen-bond donors (Lipinski definition) is 1. The lowest BCUT2D eigenvalue weighted by Crippen LogP contribution is -2.53. The summed E-state index contributed by atoms with van der Waals surface area (Å²) in [6.07, 6.45) is 3.18. The Morgan fingerprint density at radius 2 is 2.00 bits per heavy atom. The van der Waals surface area contributed by atoms with Gasteiger partial charge in [0, 0.05) is 50.5 Å². The summed E-state index contributed by atoms with van der Waals surface area (Å²) in [6.45, 7) is 9.98. The summed E-state index contributed by atoms with van der Waals surface area (Å²) in [5.41, 5.74) is 2.63. The zero-order valence-corrected chi connectivity index (χ0v) is 11.4. The van der Waals surface area contributed by atoms with E-state index < -0.39 is 0 Å². The molecule has 96 valence electrons. The van der Waals surface area contributed by atoms with E-state index in [9.17, 15) is 0 Å². The molecule has 4 nitrogen and oxygen atoms in total. The first kappa shape index (κ1) is 12.6. The smallest absolute Gasteiger partial charge is 0.0666 e. The van der Waals surface area contributed by atoms with Crippen molar-refractivity contribution in [1.29, 1.82) is 0 Å². The first-order valence-electron chi connectivity index (χ1n) is 6.58. The van der Waals surface area contributed by atoms with Crippen molar-refractivity contribution in [3.63, 3.8) is 0 Å². The Labute approximate surface area is 104 Å². The van der Waals surface area contributed by atoms with Gasteiger partial charge in [0.1, 0.15) is 0 Å². The van der Waals surface area contributed by atoms with Crippen molar-refractivity contribution in [2.75, 3.05) is 13.1 Å². The maximum atomic E-state index is 4.51. The number of piperazine rings is 1. The molecular weight excluding hydrogens is 212 g/mol. The van der Waals surface area contributed by atoms with Gasteiger partial charge >= 0.3 is 0 Å². The molecule has 1 N–H and O–H groups in total. The lowest BCUT2D eigenvalue weighted by atomic mass is 10.1. The molecule has 17 heavy (non-hydrogen) atoms. The topological polar surface area (TPSA) is 33.1 Å². The highest BCUT2D eigenvalue weighted by atomic mass is 15.3. The summed E-state index contributed by atoms with van der Waals surface area (Å²) in [4.78, 5) is 2.53. The first-order valence-corrected chi connectivity index (χ1v) is 6.58. The lowest BCUT2D eigenvalue weighted by Gasteiger charge is -2.36. The Morgan fingerprint density at radius 1 is 1.35 bits per heavy atom. The van der Waals surface area contributed by atoms with Crippen molar-refractivity contribution in [3.05, 3.63) is 17.5 Å². The standard InChI is InChI=1S/C13H24N4/c1-5-13-12(8-16(4)15-13)9-17-6-10(2)14-11(3)7-17/h8,10-11,14H,5-7,9H2,1-4H3. The van der Waals surface area contributed by atoms with Crippen LogP contribution in [0.1, 0.15) is 32.0 Å². The molecule has 0 aromatic carbocycles.